The molecule has 16 atom stereocenters. The van der Waals surface area contributed by atoms with E-state index in [-0.39, 0.29) is 40.6 Å². The lowest BCUT2D eigenvalue weighted by Gasteiger charge is -2.43. The van der Waals surface area contributed by atoms with Crippen LogP contribution in [0, 0.1) is 5.92 Å². The van der Waals surface area contributed by atoms with E-state index in [0.29, 0.717) is 0 Å². The maximum Gasteiger partial charge on any atom is 0.228 e. The molecular weight excluding hydrogens is 712 g/mol. The molecule has 0 spiro atoms. The van der Waals surface area contributed by atoms with Gasteiger partial charge in [0.2, 0.25) is 6.29 Å². The van der Waals surface area contributed by atoms with Crippen molar-refractivity contribution in [1.29, 1.82) is 0 Å². The molecule has 6 rings (SSSR count). The average molecular weight is 757 g/mol. The van der Waals surface area contributed by atoms with E-state index in [1.807, 2.05) is 0 Å². The molecule has 0 amide bonds. The monoisotopic (exact) mass is 756 g/mol. The number of aliphatic hydroxyl groups is 10. The Morgan fingerprint density at radius 3 is 2.08 bits per heavy atom. The highest BCUT2D eigenvalue weighted by Crippen LogP contribution is 2.46. The van der Waals surface area contributed by atoms with Gasteiger partial charge in [-0.05, 0) is 31.6 Å². The molecule has 3 fully saturated rings. The lowest BCUT2D eigenvalue weighted by Crippen LogP contribution is -2.61. The van der Waals surface area contributed by atoms with Gasteiger partial charge in [-0.2, -0.15) is 0 Å². The predicted octanol–water partition coefficient (Wildman–Crippen LogP) is -3.21. The Bertz CT molecular complexity index is 1620. The van der Waals surface area contributed by atoms with Gasteiger partial charge in [-0.15, -0.1) is 0 Å². The molecule has 1 saturated carbocycles. The molecule has 3 aliphatic heterocycles. The second-order valence-corrected chi connectivity index (χ2v) is 13.6. The summed E-state index contributed by atoms with van der Waals surface area (Å²) in [5.41, 5.74) is 0.271. The number of ether oxygens (including phenoxy) is 6. The minimum Gasteiger partial charge on any atom is -0.508 e. The Morgan fingerprint density at radius 1 is 0.698 bits per heavy atom. The summed E-state index contributed by atoms with van der Waals surface area (Å²) in [5, 5.41) is 135. The van der Waals surface area contributed by atoms with E-state index in [4.69, 9.17) is 28.4 Å². The topological polar surface area (TPSA) is 318 Å². The van der Waals surface area contributed by atoms with Gasteiger partial charge in [-0.25, -0.2) is 0 Å². The molecule has 3 heterocycles. The third-order valence-corrected chi connectivity index (χ3v) is 9.95. The van der Waals surface area contributed by atoms with Gasteiger partial charge in [0.25, 0.3) is 0 Å². The second-order valence-electron chi connectivity index (χ2n) is 13.6. The maximum atomic E-state index is 11.0. The zero-order chi connectivity index (χ0) is 38.5. The van der Waals surface area contributed by atoms with Gasteiger partial charge < -0.3 is 94.8 Å². The first-order chi connectivity index (χ1) is 25.1. The first-order valence-corrected chi connectivity index (χ1v) is 16.9. The Kier molecular flexibility index (Phi) is 11.6. The fourth-order valence-electron chi connectivity index (χ4n) is 6.73. The standard InChI is InChI=1S/C34H44O19/c1-11-23(39)27(43)30(46)33(49-11)48-10-22-26(42)29(45)31(47)34(53-22)52-21-8-15-18(50-20-5-13(9-35)24(40)28(44)25(20)41)6-14(36)7-19(15)51-32(21)12-2-3-16(37)17(38)4-12/h2-4,6-8,11,13,20,22-47H,5,9-10H2,1H3. The summed E-state index contributed by atoms with van der Waals surface area (Å²) in [6.07, 6.45) is -21.9. The van der Waals surface area contributed by atoms with Crippen LogP contribution in [-0.4, -0.2) is 165 Å². The van der Waals surface area contributed by atoms with Gasteiger partial charge >= 0.3 is 0 Å². The Balaban J connectivity index is 1.30. The van der Waals surface area contributed by atoms with Gasteiger partial charge in [0, 0.05) is 30.2 Å². The zero-order valence-corrected chi connectivity index (χ0v) is 28.1. The van der Waals surface area contributed by atoms with Gasteiger partial charge in [-0.1, -0.05) is 6.07 Å². The van der Waals surface area contributed by atoms with Crippen molar-refractivity contribution in [2.24, 2.45) is 5.92 Å². The summed E-state index contributed by atoms with van der Waals surface area (Å²) >= 11 is 0. The average Bonchev–Trinajstić information content (AvgIpc) is 3.13. The minimum atomic E-state index is -1.90. The fraction of sp³-hybridized carbons (Fsp3) is 0.588. The molecule has 19 nitrogen and oxygen atoms in total. The van der Waals surface area contributed by atoms with Crippen molar-refractivity contribution in [3.05, 3.63) is 47.2 Å². The van der Waals surface area contributed by atoms with E-state index in [0.717, 1.165) is 12.1 Å². The van der Waals surface area contributed by atoms with Crippen molar-refractivity contribution in [2.75, 3.05) is 13.2 Å². The summed E-state index contributed by atoms with van der Waals surface area (Å²) in [4.78, 5) is 0. The van der Waals surface area contributed by atoms with Crippen LogP contribution in [0.1, 0.15) is 30.6 Å². The molecule has 294 valence electrons. The Labute approximate surface area is 301 Å². The summed E-state index contributed by atoms with van der Waals surface area (Å²) in [5.74, 6) is -2.52. The number of aromatic hydroxyl groups is 3. The molecule has 4 aliphatic rings. The van der Waals surface area contributed by atoms with Crippen LogP contribution in [0.3, 0.4) is 0 Å². The molecule has 13 N–H and O–H groups in total. The summed E-state index contributed by atoms with van der Waals surface area (Å²) in [7, 11) is 0. The van der Waals surface area contributed by atoms with Gasteiger partial charge in [0.05, 0.1) is 24.4 Å². The number of hydrogen-bond acceptors (Lipinski definition) is 19. The van der Waals surface area contributed by atoms with E-state index in [1.165, 1.54) is 31.2 Å². The maximum absolute atomic E-state index is 11.0. The van der Waals surface area contributed by atoms with Crippen molar-refractivity contribution in [2.45, 2.75) is 105 Å². The quantitative estimate of drug-likeness (QED) is 0.112. The molecule has 19 heteroatoms. The smallest absolute Gasteiger partial charge is 0.228 e. The van der Waals surface area contributed by atoms with E-state index >= 15 is 0 Å². The minimum absolute atomic E-state index is 0.0195. The Hall–Kier alpha value is -3.54. The number of fused-ring (bicyclic) bond motifs is 1. The number of benzene rings is 2. The van der Waals surface area contributed by atoms with Gasteiger partial charge in [0.1, 0.15) is 84.0 Å². The van der Waals surface area contributed by atoms with Crippen LogP contribution in [-0.2, 0) is 18.9 Å². The molecule has 2 saturated heterocycles. The van der Waals surface area contributed by atoms with Crippen LogP contribution in [0.5, 0.6) is 28.7 Å². The first kappa shape index (κ1) is 39.2. The number of rotatable bonds is 9. The normalized spacial score (nSPS) is 40.1. The molecule has 0 bridgehead atoms. The lowest BCUT2D eigenvalue weighted by atomic mass is 9.81. The van der Waals surface area contributed by atoms with Crippen LogP contribution in [0.15, 0.2) is 36.1 Å². The molecule has 16 unspecified atom stereocenters. The first-order valence-electron chi connectivity index (χ1n) is 16.9. The van der Waals surface area contributed by atoms with Crippen molar-refractivity contribution >= 4 is 6.08 Å². The van der Waals surface area contributed by atoms with Crippen molar-refractivity contribution in [3.8, 4) is 28.7 Å². The highest BCUT2D eigenvalue weighted by atomic mass is 16.7. The third kappa shape index (κ3) is 7.71. The van der Waals surface area contributed by atoms with Gasteiger partial charge in [0.15, 0.2) is 23.9 Å². The lowest BCUT2D eigenvalue weighted by molar-refractivity contribution is -0.324. The van der Waals surface area contributed by atoms with Crippen LogP contribution in [0.4, 0.5) is 0 Å². The van der Waals surface area contributed by atoms with E-state index in [2.05, 4.69) is 0 Å². The molecule has 1 aliphatic carbocycles. The Morgan fingerprint density at radius 2 is 1.38 bits per heavy atom. The molecule has 0 aromatic heterocycles. The number of aliphatic hydroxyl groups excluding tert-OH is 10. The summed E-state index contributed by atoms with van der Waals surface area (Å²) in [6, 6.07) is 6.07. The number of phenols is 3. The van der Waals surface area contributed by atoms with E-state index in [1.54, 1.807) is 0 Å². The van der Waals surface area contributed by atoms with Crippen LogP contribution >= 0.6 is 0 Å². The third-order valence-electron chi connectivity index (χ3n) is 9.95. The largest absolute Gasteiger partial charge is 0.508 e. The summed E-state index contributed by atoms with van der Waals surface area (Å²) < 4.78 is 35.0. The zero-order valence-electron chi connectivity index (χ0n) is 28.1. The van der Waals surface area contributed by atoms with Crippen molar-refractivity contribution in [1.82, 2.24) is 0 Å². The van der Waals surface area contributed by atoms with Crippen LogP contribution in [0.25, 0.3) is 6.08 Å². The second kappa shape index (κ2) is 15.7. The molecular formula is C34H44O19. The van der Waals surface area contributed by atoms with Crippen LogP contribution < -0.4 is 9.47 Å². The number of hydrogen-bond donors (Lipinski definition) is 13. The molecule has 2 aromatic rings. The van der Waals surface area contributed by atoms with Crippen LogP contribution in [0.2, 0.25) is 0 Å². The van der Waals surface area contributed by atoms with Crippen molar-refractivity contribution in [3.63, 3.8) is 0 Å². The van der Waals surface area contributed by atoms with E-state index < -0.39 is 123 Å². The SMILES string of the molecule is CC1OC(OCC2OC(OC3=Cc4c(cc(O)cc4OC4CC(CO)C(O)C(O)C4O)OC3c3ccc(O)c(O)c3)C(O)C(O)C2O)C(O)C(O)C1O. The highest BCUT2D eigenvalue weighted by Gasteiger charge is 2.49. The molecule has 0 radical (unpaired) electrons. The predicted molar refractivity (Wildman–Crippen MR) is 173 cm³/mol. The highest BCUT2D eigenvalue weighted by molar-refractivity contribution is 5.70. The van der Waals surface area contributed by atoms with Crippen molar-refractivity contribution < 1.29 is 94.8 Å². The molecule has 2 aromatic carbocycles. The van der Waals surface area contributed by atoms with E-state index in [9.17, 15) is 66.4 Å². The number of phenolic OH excluding ortho intramolecular Hbond substituents is 3. The molecule has 53 heavy (non-hydrogen) atoms. The summed E-state index contributed by atoms with van der Waals surface area (Å²) in [6.45, 7) is 0.328. The van der Waals surface area contributed by atoms with Gasteiger partial charge in [-0.3, -0.25) is 0 Å². The fourth-order valence-corrected chi connectivity index (χ4v) is 6.73.